The number of hydrogen-bond acceptors (Lipinski definition) is 5. The Bertz CT molecular complexity index is 885. The molecule has 3 rings (SSSR count). The van der Waals surface area contributed by atoms with Crippen LogP contribution in [0, 0.1) is 6.92 Å². The number of aryl methyl sites for hydroxylation is 1. The van der Waals surface area contributed by atoms with E-state index in [4.69, 9.17) is 16.3 Å². The first kappa shape index (κ1) is 18.1. The van der Waals surface area contributed by atoms with Gasteiger partial charge < -0.3 is 4.74 Å². The third-order valence-corrected chi connectivity index (χ3v) is 5.81. The number of rotatable bonds is 5. The first-order valence-electron chi connectivity index (χ1n) is 7.91. The van der Waals surface area contributed by atoms with Crippen LogP contribution in [0.25, 0.3) is 10.6 Å². The molecule has 0 amide bonds. The molecule has 0 bridgehead atoms. The van der Waals surface area contributed by atoms with E-state index in [9.17, 15) is 4.79 Å². The number of ether oxygens (including phenoxy) is 1. The zero-order valence-electron chi connectivity index (χ0n) is 14.2. The minimum Gasteiger partial charge on any atom is -0.426 e. The van der Waals surface area contributed by atoms with Crippen LogP contribution in [0.2, 0.25) is 5.02 Å². The van der Waals surface area contributed by atoms with Crippen molar-refractivity contribution in [1.29, 1.82) is 0 Å². The van der Waals surface area contributed by atoms with Gasteiger partial charge in [-0.3, -0.25) is 4.79 Å². The van der Waals surface area contributed by atoms with Gasteiger partial charge in [-0.15, -0.1) is 11.3 Å². The van der Waals surface area contributed by atoms with Gasteiger partial charge in [0.05, 0.1) is 12.1 Å². The van der Waals surface area contributed by atoms with Crippen LogP contribution in [0.1, 0.15) is 36.6 Å². The normalized spacial score (nSPS) is 11.1. The Morgan fingerprint density at radius 3 is 2.80 bits per heavy atom. The first-order chi connectivity index (χ1) is 11.9. The first-order valence-corrected chi connectivity index (χ1v) is 10.1. The fourth-order valence-electron chi connectivity index (χ4n) is 2.42. The smallest absolute Gasteiger partial charge is 0.317 e. The lowest BCUT2D eigenvalue weighted by Gasteiger charge is -2.14. The summed E-state index contributed by atoms with van der Waals surface area (Å²) in [4.78, 5) is 16.9. The summed E-state index contributed by atoms with van der Waals surface area (Å²) in [6.07, 6.45) is 0.153. The second kappa shape index (κ2) is 7.68. The van der Waals surface area contributed by atoms with Gasteiger partial charge >= 0.3 is 5.97 Å². The molecule has 3 nitrogen and oxygen atoms in total. The summed E-state index contributed by atoms with van der Waals surface area (Å²) in [7, 11) is 0. The van der Waals surface area contributed by atoms with Gasteiger partial charge in [0, 0.05) is 21.3 Å². The molecule has 2 aromatic heterocycles. The maximum absolute atomic E-state index is 12.4. The minimum atomic E-state index is -0.314. The van der Waals surface area contributed by atoms with Crippen LogP contribution in [0.15, 0.2) is 34.3 Å². The number of nitrogens with zero attached hydrogens (tertiary/aromatic N) is 1. The van der Waals surface area contributed by atoms with Crippen LogP contribution in [-0.4, -0.2) is 11.0 Å². The Balaban J connectivity index is 1.74. The van der Waals surface area contributed by atoms with E-state index >= 15 is 0 Å². The van der Waals surface area contributed by atoms with Crippen molar-refractivity contribution in [3.05, 3.63) is 56.2 Å². The van der Waals surface area contributed by atoms with Crippen LogP contribution >= 0.6 is 34.3 Å². The summed E-state index contributed by atoms with van der Waals surface area (Å²) < 4.78 is 5.62. The van der Waals surface area contributed by atoms with Crippen molar-refractivity contribution in [3.63, 3.8) is 0 Å². The van der Waals surface area contributed by atoms with E-state index in [0.717, 1.165) is 27.4 Å². The summed E-state index contributed by atoms with van der Waals surface area (Å²) in [6, 6.07) is 5.73. The summed E-state index contributed by atoms with van der Waals surface area (Å²) >= 11 is 9.37. The number of carbonyl (C=O) groups excluding carboxylic acids is 1. The summed E-state index contributed by atoms with van der Waals surface area (Å²) in [5, 5.41) is 7.58. The summed E-state index contributed by atoms with van der Waals surface area (Å²) in [5.74, 6) is 0.478. The van der Waals surface area contributed by atoms with Gasteiger partial charge in [0.1, 0.15) is 10.8 Å². The van der Waals surface area contributed by atoms with Crippen molar-refractivity contribution in [2.45, 2.75) is 33.1 Å². The summed E-state index contributed by atoms with van der Waals surface area (Å²) in [6.45, 7) is 6.00. The van der Waals surface area contributed by atoms with E-state index in [1.165, 1.54) is 11.3 Å². The zero-order valence-corrected chi connectivity index (χ0v) is 16.6. The predicted octanol–water partition coefficient (Wildman–Crippen LogP) is 6.10. The topological polar surface area (TPSA) is 39.2 Å². The lowest BCUT2D eigenvalue weighted by molar-refractivity contribution is -0.133. The largest absolute Gasteiger partial charge is 0.426 e. The van der Waals surface area contributed by atoms with E-state index in [2.05, 4.69) is 4.98 Å². The minimum absolute atomic E-state index is 0.153. The SMILES string of the molecule is Cc1cc(OC(=O)Cc2csc(-c3ccsc3)n2)c(C(C)C)cc1Cl. The van der Waals surface area contributed by atoms with Crippen LogP contribution in [0.4, 0.5) is 0 Å². The third kappa shape index (κ3) is 4.29. The molecule has 6 heteroatoms. The monoisotopic (exact) mass is 391 g/mol. The quantitative estimate of drug-likeness (QED) is 0.389. The van der Waals surface area contributed by atoms with Crippen LogP contribution in [0.5, 0.6) is 5.75 Å². The van der Waals surface area contributed by atoms with Gasteiger partial charge in [0.25, 0.3) is 0 Å². The van der Waals surface area contributed by atoms with Crippen LogP contribution < -0.4 is 4.74 Å². The molecule has 130 valence electrons. The predicted molar refractivity (Wildman–Crippen MR) is 105 cm³/mol. The van der Waals surface area contributed by atoms with Gasteiger partial charge in [-0.25, -0.2) is 4.98 Å². The number of carbonyl (C=O) groups is 1. The Kier molecular flexibility index (Phi) is 5.57. The maximum Gasteiger partial charge on any atom is 0.317 e. The van der Waals surface area contributed by atoms with Crippen molar-refractivity contribution >= 4 is 40.2 Å². The second-order valence-electron chi connectivity index (χ2n) is 6.10. The van der Waals surface area contributed by atoms with Crippen molar-refractivity contribution in [2.24, 2.45) is 0 Å². The number of aromatic nitrogens is 1. The molecule has 0 spiro atoms. The van der Waals surface area contributed by atoms with E-state index in [0.29, 0.717) is 10.8 Å². The average molecular weight is 392 g/mol. The maximum atomic E-state index is 12.4. The van der Waals surface area contributed by atoms with E-state index in [1.54, 1.807) is 11.3 Å². The van der Waals surface area contributed by atoms with Gasteiger partial charge in [0.2, 0.25) is 0 Å². The molecule has 0 radical (unpaired) electrons. The van der Waals surface area contributed by atoms with E-state index in [1.807, 2.05) is 55.1 Å². The Morgan fingerprint density at radius 1 is 1.32 bits per heavy atom. The molecule has 0 saturated carbocycles. The molecule has 2 heterocycles. The molecule has 0 fully saturated rings. The van der Waals surface area contributed by atoms with Crippen molar-refractivity contribution in [1.82, 2.24) is 4.98 Å². The Hall–Kier alpha value is -1.69. The second-order valence-corrected chi connectivity index (χ2v) is 8.15. The van der Waals surface area contributed by atoms with E-state index < -0.39 is 0 Å². The fraction of sp³-hybridized carbons (Fsp3) is 0.263. The molecule has 0 aliphatic rings. The molecule has 0 aliphatic carbocycles. The third-order valence-electron chi connectivity index (χ3n) is 3.78. The van der Waals surface area contributed by atoms with Crippen molar-refractivity contribution in [3.8, 4) is 16.3 Å². The van der Waals surface area contributed by atoms with Gasteiger partial charge in [0.15, 0.2) is 0 Å². The average Bonchev–Trinajstić information content (AvgIpc) is 3.21. The molecular weight excluding hydrogens is 374 g/mol. The molecule has 0 aliphatic heterocycles. The number of thiophene rings is 1. The lowest BCUT2D eigenvalue weighted by Crippen LogP contribution is -2.13. The number of benzene rings is 1. The molecule has 0 unspecified atom stereocenters. The van der Waals surface area contributed by atoms with Gasteiger partial charge in [-0.05, 0) is 47.5 Å². The fourth-order valence-corrected chi connectivity index (χ4v) is 4.13. The summed E-state index contributed by atoms with van der Waals surface area (Å²) in [5.41, 5.74) is 3.64. The Labute approximate surface area is 160 Å². The van der Waals surface area contributed by atoms with Crippen LogP contribution in [-0.2, 0) is 11.2 Å². The molecule has 0 N–H and O–H groups in total. The molecule has 0 saturated heterocycles. The molecule has 3 aromatic rings. The van der Waals surface area contributed by atoms with Crippen LogP contribution in [0.3, 0.4) is 0 Å². The highest BCUT2D eigenvalue weighted by Crippen LogP contribution is 2.32. The highest BCUT2D eigenvalue weighted by Gasteiger charge is 2.16. The van der Waals surface area contributed by atoms with Gasteiger partial charge in [-0.2, -0.15) is 11.3 Å². The lowest BCUT2D eigenvalue weighted by atomic mass is 10.0. The highest BCUT2D eigenvalue weighted by molar-refractivity contribution is 7.14. The zero-order chi connectivity index (χ0) is 18.0. The standard InChI is InChI=1S/C19H18ClNO2S2/c1-11(2)15-8-16(20)12(3)6-17(15)23-18(22)7-14-10-25-19(21-14)13-4-5-24-9-13/h4-6,8-11H,7H2,1-3H3. The number of halogens is 1. The number of hydrogen-bond donors (Lipinski definition) is 0. The van der Waals surface area contributed by atoms with Gasteiger partial charge in [-0.1, -0.05) is 25.4 Å². The van der Waals surface area contributed by atoms with E-state index in [-0.39, 0.29) is 18.3 Å². The highest BCUT2D eigenvalue weighted by atomic mass is 35.5. The molecule has 25 heavy (non-hydrogen) atoms. The number of esters is 1. The van der Waals surface area contributed by atoms with Crippen molar-refractivity contribution < 1.29 is 9.53 Å². The van der Waals surface area contributed by atoms with Crippen molar-refractivity contribution in [2.75, 3.05) is 0 Å². The molecular formula is C19H18ClNO2S2. The Morgan fingerprint density at radius 2 is 2.12 bits per heavy atom. The number of thiazole rings is 1. The molecule has 0 atom stereocenters. The molecule has 1 aromatic carbocycles.